The number of hydrogen-bond acceptors (Lipinski definition) is 8. The smallest absolute Gasteiger partial charge is 0.184 e. The standard InChI is InChI=1S/C21H26N4O5S/c1-13(26)9-10-30-19-17(11-14(28-2)12-18(19)29-3)24-20-21(25-31(4)27)23-16-8-6-5-7-15(16)22-20/h5-8,11-13,26H,9-10H2,1-4H3,(H,22,24)(H,23,25). The second-order valence-electron chi connectivity index (χ2n) is 6.78. The fourth-order valence-corrected chi connectivity index (χ4v) is 3.26. The lowest BCUT2D eigenvalue weighted by Gasteiger charge is -2.19. The summed E-state index contributed by atoms with van der Waals surface area (Å²) in [6, 6.07) is 10.8. The minimum absolute atomic E-state index is 0.280. The highest BCUT2D eigenvalue weighted by Crippen LogP contribution is 2.41. The summed E-state index contributed by atoms with van der Waals surface area (Å²) in [4.78, 5) is 9.18. The van der Waals surface area contributed by atoms with Crippen LogP contribution in [-0.2, 0) is 11.0 Å². The molecule has 2 unspecified atom stereocenters. The third kappa shape index (κ3) is 5.74. The lowest BCUT2D eigenvalue weighted by molar-refractivity contribution is 0.154. The highest BCUT2D eigenvalue weighted by atomic mass is 32.2. The van der Waals surface area contributed by atoms with E-state index in [-0.39, 0.29) is 6.61 Å². The Morgan fingerprint density at radius 3 is 2.35 bits per heavy atom. The van der Waals surface area contributed by atoms with Crippen LogP contribution in [0.25, 0.3) is 11.0 Å². The van der Waals surface area contributed by atoms with Gasteiger partial charge in [-0.3, -0.25) is 4.72 Å². The largest absolute Gasteiger partial charge is 0.497 e. The summed E-state index contributed by atoms with van der Waals surface area (Å²) in [5.74, 6) is 2.13. The highest BCUT2D eigenvalue weighted by Gasteiger charge is 2.18. The van der Waals surface area contributed by atoms with Crippen molar-refractivity contribution in [3.05, 3.63) is 36.4 Å². The van der Waals surface area contributed by atoms with E-state index in [0.717, 1.165) is 0 Å². The molecule has 3 N–H and O–H groups in total. The molecule has 1 aromatic heterocycles. The first-order valence-corrected chi connectivity index (χ1v) is 11.2. The lowest BCUT2D eigenvalue weighted by atomic mass is 10.2. The maximum absolute atomic E-state index is 11.8. The SMILES string of the molecule is COc1cc(Nc2nc3ccccc3nc2NS(C)=O)c(OCCC(C)O)c(OC)c1. The predicted octanol–water partition coefficient (Wildman–Crippen LogP) is 3.25. The zero-order valence-corrected chi connectivity index (χ0v) is 18.7. The van der Waals surface area contributed by atoms with Gasteiger partial charge in [-0.05, 0) is 19.1 Å². The first-order valence-electron chi connectivity index (χ1n) is 9.62. The van der Waals surface area contributed by atoms with Gasteiger partial charge in [-0.2, -0.15) is 0 Å². The maximum atomic E-state index is 11.8. The summed E-state index contributed by atoms with van der Waals surface area (Å²) in [5.41, 5.74) is 1.86. The second kappa shape index (κ2) is 10.3. The van der Waals surface area contributed by atoms with Crippen LogP contribution in [0.4, 0.5) is 17.3 Å². The van der Waals surface area contributed by atoms with E-state index in [1.54, 1.807) is 26.2 Å². The van der Waals surface area contributed by atoms with E-state index in [0.29, 0.717) is 52.0 Å². The minimum atomic E-state index is -1.36. The monoisotopic (exact) mass is 446 g/mol. The molecule has 10 heteroatoms. The summed E-state index contributed by atoms with van der Waals surface area (Å²) < 4.78 is 31.4. The molecule has 9 nitrogen and oxygen atoms in total. The number of nitrogens with one attached hydrogen (secondary N) is 2. The van der Waals surface area contributed by atoms with Gasteiger partial charge < -0.3 is 24.6 Å². The molecule has 0 fully saturated rings. The Balaban J connectivity index is 2.07. The maximum Gasteiger partial charge on any atom is 0.184 e. The van der Waals surface area contributed by atoms with Gasteiger partial charge in [0, 0.05) is 24.8 Å². The van der Waals surface area contributed by atoms with Gasteiger partial charge >= 0.3 is 0 Å². The number of benzene rings is 2. The van der Waals surface area contributed by atoms with Crippen molar-refractivity contribution in [1.82, 2.24) is 9.97 Å². The van der Waals surface area contributed by atoms with Crippen molar-refractivity contribution in [2.45, 2.75) is 19.4 Å². The van der Waals surface area contributed by atoms with Crippen LogP contribution in [0.1, 0.15) is 13.3 Å². The van der Waals surface area contributed by atoms with E-state index < -0.39 is 17.1 Å². The van der Waals surface area contributed by atoms with Crippen molar-refractivity contribution < 1.29 is 23.5 Å². The molecule has 0 bridgehead atoms. The predicted molar refractivity (Wildman–Crippen MR) is 122 cm³/mol. The fourth-order valence-electron chi connectivity index (χ4n) is 2.84. The molecule has 0 aliphatic heterocycles. The lowest BCUT2D eigenvalue weighted by Crippen LogP contribution is -2.11. The number of rotatable bonds is 10. The van der Waals surface area contributed by atoms with Gasteiger partial charge in [0.15, 0.2) is 23.1 Å². The quantitative estimate of drug-likeness (QED) is 0.435. The number of nitrogens with zero attached hydrogens (tertiary/aromatic N) is 2. The third-order valence-electron chi connectivity index (χ3n) is 4.33. The van der Waals surface area contributed by atoms with E-state index in [1.165, 1.54) is 13.4 Å². The fraction of sp³-hybridized carbons (Fsp3) is 0.333. The molecule has 3 aromatic rings. The van der Waals surface area contributed by atoms with E-state index >= 15 is 0 Å². The topological polar surface area (TPSA) is 115 Å². The number of aromatic nitrogens is 2. The molecule has 0 aliphatic rings. The molecular weight excluding hydrogens is 420 g/mol. The van der Waals surface area contributed by atoms with Crippen molar-refractivity contribution in [3.63, 3.8) is 0 Å². The molecule has 2 aromatic carbocycles. The zero-order valence-electron chi connectivity index (χ0n) is 17.8. The van der Waals surface area contributed by atoms with Gasteiger partial charge in [0.2, 0.25) is 0 Å². The average molecular weight is 447 g/mol. The van der Waals surface area contributed by atoms with E-state index in [4.69, 9.17) is 14.2 Å². The van der Waals surface area contributed by atoms with Crippen LogP contribution >= 0.6 is 0 Å². The van der Waals surface area contributed by atoms with Crippen molar-refractivity contribution in [2.24, 2.45) is 0 Å². The number of aliphatic hydroxyl groups is 1. The number of anilines is 3. The van der Waals surface area contributed by atoms with Gasteiger partial charge in [-0.25, -0.2) is 14.2 Å². The van der Waals surface area contributed by atoms with Crippen LogP contribution in [0.3, 0.4) is 0 Å². The molecule has 1 heterocycles. The molecule has 0 amide bonds. The van der Waals surface area contributed by atoms with Crippen molar-refractivity contribution >= 4 is 39.3 Å². The van der Waals surface area contributed by atoms with E-state index in [2.05, 4.69) is 20.0 Å². The van der Waals surface area contributed by atoms with Crippen LogP contribution in [-0.4, -0.2) is 52.5 Å². The summed E-state index contributed by atoms with van der Waals surface area (Å²) >= 11 is 0. The van der Waals surface area contributed by atoms with Crippen LogP contribution in [0.5, 0.6) is 17.2 Å². The molecule has 0 radical (unpaired) electrons. The van der Waals surface area contributed by atoms with E-state index in [9.17, 15) is 9.32 Å². The average Bonchev–Trinajstić information content (AvgIpc) is 2.74. The van der Waals surface area contributed by atoms with Crippen LogP contribution in [0.2, 0.25) is 0 Å². The number of para-hydroxylation sites is 2. The molecule has 0 saturated heterocycles. The van der Waals surface area contributed by atoms with E-state index in [1.807, 2.05) is 24.3 Å². The Hall–Kier alpha value is -3.11. The van der Waals surface area contributed by atoms with Gasteiger partial charge in [-0.15, -0.1) is 0 Å². The molecule has 166 valence electrons. The Labute approximate surface area is 183 Å². The number of aliphatic hydroxyl groups excluding tert-OH is 1. The first-order chi connectivity index (χ1) is 14.9. The van der Waals surface area contributed by atoms with Crippen molar-refractivity contribution in [1.29, 1.82) is 0 Å². The highest BCUT2D eigenvalue weighted by molar-refractivity contribution is 7.85. The Morgan fingerprint density at radius 2 is 1.77 bits per heavy atom. The normalized spacial score (nSPS) is 12.8. The van der Waals surface area contributed by atoms with Gasteiger partial charge in [0.1, 0.15) is 16.7 Å². The van der Waals surface area contributed by atoms with Crippen LogP contribution < -0.4 is 24.2 Å². The van der Waals surface area contributed by atoms with Crippen molar-refractivity contribution in [2.75, 3.05) is 37.1 Å². The Kier molecular flexibility index (Phi) is 7.48. The van der Waals surface area contributed by atoms with Gasteiger partial charge in [0.25, 0.3) is 0 Å². The Morgan fingerprint density at radius 1 is 1.10 bits per heavy atom. The molecule has 0 spiro atoms. The molecule has 2 atom stereocenters. The van der Waals surface area contributed by atoms with Gasteiger partial charge in [0.05, 0.1) is 43.7 Å². The molecule has 3 rings (SSSR count). The summed E-state index contributed by atoms with van der Waals surface area (Å²) in [7, 11) is 1.73. The second-order valence-corrected chi connectivity index (χ2v) is 7.90. The summed E-state index contributed by atoms with van der Waals surface area (Å²) in [6.07, 6.45) is 1.47. The molecule has 31 heavy (non-hydrogen) atoms. The number of fused-ring (bicyclic) bond motifs is 1. The molecule has 0 saturated carbocycles. The number of hydrogen-bond donors (Lipinski definition) is 3. The Bertz CT molecular complexity index is 1080. The zero-order chi connectivity index (χ0) is 22.4. The third-order valence-corrected chi connectivity index (χ3v) is 4.81. The minimum Gasteiger partial charge on any atom is -0.497 e. The molecular formula is C21H26N4O5S. The summed E-state index contributed by atoms with van der Waals surface area (Å²) in [5, 5.41) is 12.8. The summed E-state index contributed by atoms with van der Waals surface area (Å²) in [6.45, 7) is 1.98. The van der Waals surface area contributed by atoms with Crippen molar-refractivity contribution in [3.8, 4) is 17.2 Å². The molecule has 0 aliphatic carbocycles. The van der Waals surface area contributed by atoms with Crippen LogP contribution in [0.15, 0.2) is 36.4 Å². The van der Waals surface area contributed by atoms with Crippen LogP contribution in [0, 0.1) is 0 Å². The first kappa shape index (κ1) is 22.6. The number of ether oxygens (including phenoxy) is 3. The number of methoxy groups -OCH3 is 2. The van der Waals surface area contributed by atoms with Gasteiger partial charge in [-0.1, -0.05) is 12.1 Å².